The van der Waals surface area contributed by atoms with E-state index < -0.39 is 89.7 Å². The third kappa shape index (κ3) is 14.8. The predicted molar refractivity (Wildman–Crippen MR) is 368 cm³/mol. The molecule has 24 unspecified atom stereocenters. The summed E-state index contributed by atoms with van der Waals surface area (Å²) in [7, 11) is -2.58. The van der Waals surface area contributed by atoms with Gasteiger partial charge in [0.05, 0.1) is 54.6 Å². The van der Waals surface area contributed by atoms with Gasteiger partial charge in [-0.1, -0.05) is 103 Å². The van der Waals surface area contributed by atoms with E-state index in [0.717, 1.165) is 32.1 Å². The highest BCUT2D eigenvalue weighted by atomic mass is 28.4. The molecule has 8 bridgehead atoms. The molecular weight excluding hydrogens is 1240 g/mol. The standard InChI is InChI=1S/C75H123O14Si4/c1-18-41(4)66(79)88-73(10,11)26-27-74(12,13)89-67(80)50(56-42(5)44-21-22-46(56)29-44)24-23-49-52-31-47(30-45(52)25-28-93(17)39-91(15)37-90(14)38-92(16)40-93)58(49)63-64(71(84)86-70(63)83)60-53-32-48(33-54(53)68(81)87-72(7,8)9)59(60)57-43(6)51-34-55(57)62(61(51)65(77)78)69(82)85-36-75(19-2,20-3)35-76/h41-64,76H,18-40H2,1-17H3,(H,77,78). The minimum atomic E-state index is -1.55. The van der Waals surface area contributed by atoms with E-state index in [1.54, 1.807) is 0 Å². The molecule has 10 fully saturated rings. The average molecular weight is 1360 g/mol. The molecule has 0 aromatic carbocycles. The van der Waals surface area contributed by atoms with Crippen molar-refractivity contribution in [2.24, 2.45) is 147 Å². The Labute approximate surface area is 565 Å². The van der Waals surface area contributed by atoms with Crippen LogP contribution in [0.3, 0.4) is 0 Å². The molecule has 3 radical (unpaired) electrons. The summed E-state index contributed by atoms with van der Waals surface area (Å²) in [6.45, 7) is 36.3. The largest absolute Gasteiger partial charge is 0.481 e. The Morgan fingerprint density at radius 1 is 0.645 bits per heavy atom. The summed E-state index contributed by atoms with van der Waals surface area (Å²) in [5.41, 5.74) is 3.09. The highest BCUT2D eigenvalue weighted by Crippen LogP contribution is 2.72. The van der Waals surface area contributed by atoms with E-state index in [0.29, 0.717) is 87.4 Å². The van der Waals surface area contributed by atoms with Crippen molar-refractivity contribution in [1.29, 1.82) is 0 Å². The molecule has 2 N–H and O–H groups in total. The van der Waals surface area contributed by atoms with Crippen molar-refractivity contribution in [3.8, 4) is 0 Å². The van der Waals surface area contributed by atoms with E-state index >= 15 is 14.4 Å². The maximum atomic E-state index is 15.5. The first-order chi connectivity index (χ1) is 43.6. The highest BCUT2D eigenvalue weighted by Gasteiger charge is 2.72. The predicted octanol–water partition coefficient (Wildman–Crippen LogP) is 14.5. The van der Waals surface area contributed by atoms with Gasteiger partial charge in [0.15, 0.2) is 0 Å². The Kier molecular flexibility index (Phi) is 22.1. The lowest BCUT2D eigenvalue weighted by Crippen LogP contribution is -2.51. The number of fused-ring (bicyclic) bond motifs is 8. The Morgan fingerprint density at radius 3 is 1.81 bits per heavy atom. The summed E-state index contributed by atoms with van der Waals surface area (Å²) in [5.74, 6) is -7.09. The Morgan fingerprint density at radius 2 is 1.24 bits per heavy atom. The first-order valence-electron chi connectivity index (χ1n) is 37.5. The molecule has 523 valence electrons. The molecule has 0 aromatic heterocycles. The van der Waals surface area contributed by atoms with Crippen molar-refractivity contribution < 1.29 is 67.5 Å². The molecule has 0 amide bonds. The van der Waals surface area contributed by atoms with Crippen molar-refractivity contribution >= 4 is 76.2 Å². The minimum Gasteiger partial charge on any atom is -0.481 e. The van der Waals surface area contributed by atoms with Gasteiger partial charge in [-0.3, -0.25) is 33.6 Å². The third-order valence-electron chi connectivity index (χ3n) is 28.0. The monoisotopic (exact) mass is 1360 g/mol. The Balaban J connectivity index is 0.999. The molecule has 2 heterocycles. The van der Waals surface area contributed by atoms with E-state index in [1.807, 2.05) is 76.2 Å². The number of esters is 6. The molecule has 14 nitrogen and oxygen atoms in total. The summed E-state index contributed by atoms with van der Waals surface area (Å²) in [4.78, 5) is 102. The van der Waals surface area contributed by atoms with Crippen LogP contribution in [0.15, 0.2) is 0 Å². The molecule has 93 heavy (non-hydrogen) atoms. The van der Waals surface area contributed by atoms with Gasteiger partial charge in [-0.25, -0.2) is 0 Å². The Hall–Kier alpha value is -2.68. The Bertz CT molecular complexity index is 2720. The van der Waals surface area contributed by atoms with Crippen LogP contribution in [0.1, 0.15) is 193 Å². The van der Waals surface area contributed by atoms with Crippen LogP contribution in [0.2, 0.25) is 54.9 Å². The number of carbonyl (C=O) groups excluding carboxylic acids is 6. The van der Waals surface area contributed by atoms with Crippen LogP contribution in [-0.2, 0) is 57.2 Å². The number of carboxylic acids is 1. The number of aliphatic hydroxyl groups excluding tert-OH is 1. The number of hydrogen-bond donors (Lipinski definition) is 2. The topological polar surface area (TPSA) is 206 Å². The molecule has 8 saturated carbocycles. The molecule has 0 aromatic rings. The first kappa shape index (κ1) is 73.0. The molecule has 0 spiro atoms. The lowest BCUT2D eigenvalue weighted by atomic mass is 9.54. The number of carboxylic acid groups (broad SMARTS) is 1. The zero-order valence-corrected chi connectivity index (χ0v) is 64.4. The van der Waals surface area contributed by atoms with Gasteiger partial charge in [0.2, 0.25) is 0 Å². The second kappa shape index (κ2) is 28.1. The van der Waals surface area contributed by atoms with Gasteiger partial charge in [0.25, 0.3) is 0 Å². The fraction of sp³-hybridized carbons (Fsp3) is 0.907. The van der Waals surface area contributed by atoms with Crippen molar-refractivity contribution in [1.82, 2.24) is 0 Å². The fourth-order valence-electron chi connectivity index (χ4n) is 23.8. The van der Waals surface area contributed by atoms with Crippen LogP contribution >= 0.6 is 0 Å². The van der Waals surface area contributed by atoms with Gasteiger partial charge in [-0.2, -0.15) is 0 Å². The molecule has 10 rings (SSSR count). The van der Waals surface area contributed by atoms with Gasteiger partial charge < -0.3 is 33.9 Å². The first-order valence-corrected chi connectivity index (χ1v) is 47.8. The van der Waals surface area contributed by atoms with Crippen LogP contribution in [-0.4, -0.2) is 116 Å². The van der Waals surface area contributed by atoms with Crippen LogP contribution in [0.5, 0.6) is 0 Å². The minimum absolute atomic E-state index is 0.00654. The number of aliphatic carboxylic acids is 1. The molecule has 2 aliphatic heterocycles. The summed E-state index contributed by atoms with van der Waals surface area (Å²) in [5, 5.41) is 21.5. The van der Waals surface area contributed by atoms with E-state index in [9.17, 15) is 29.4 Å². The second-order valence-corrected chi connectivity index (χ2v) is 51.8. The smallest absolute Gasteiger partial charge is 0.317 e. The molecule has 24 atom stereocenters. The maximum absolute atomic E-state index is 15.5. The van der Waals surface area contributed by atoms with Crippen LogP contribution < -0.4 is 0 Å². The lowest BCUT2D eigenvalue weighted by Gasteiger charge is -2.49. The quantitative estimate of drug-likeness (QED) is 0.0358. The van der Waals surface area contributed by atoms with Crippen molar-refractivity contribution in [2.45, 2.75) is 264 Å². The van der Waals surface area contributed by atoms with E-state index in [2.05, 4.69) is 40.0 Å². The number of hydrogen-bond acceptors (Lipinski definition) is 13. The third-order valence-corrected chi connectivity index (χ3v) is 50.8. The zero-order chi connectivity index (χ0) is 67.9. The van der Waals surface area contributed by atoms with Gasteiger partial charge in [0.1, 0.15) is 16.8 Å². The van der Waals surface area contributed by atoms with Crippen LogP contribution in [0.4, 0.5) is 0 Å². The number of carbonyl (C=O) groups is 7. The maximum Gasteiger partial charge on any atom is 0.317 e. The van der Waals surface area contributed by atoms with E-state index in [-0.39, 0.29) is 134 Å². The second-order valence-electron chi connectivity index (χ2n) is 36.3. The number of aliphatic hydroxyl groups is 1. The molecule has 8 aliphatic carbocycles. The number of cyclic esters (lactones) is 2. The van der Waals surface area contributed by atoms with Crippen molar-refractivity contribution in [3.05, 3.63) is 0 Å². The highest BCUT2D eigenvalue weighted by molar-refractivity contribution is 7.01. The SMILES string of the molecule is CCC(C)C(=O)OC(C)(C)CCC(C)(C)OC(=O)C(CCC1C2CC(CC2CC[Si]2(C)C[Si](C)C[Si](C)C[Si](C)C2)C1C1C(=O)OC(=O)C1C1C2CC(CC2C(=O)OC(C)(C)C)C1C1C(C)C2CC1C(C(=O)OCC(CC)(CC)CO)C2C(=O)O)C1C2CCC(C2)C1C. The van der Waals surface area contributed by atoms with Crippen molar-refractivity contribution in [3.63, 3.8) is 0 Å². The number of ether oxygens (including phenoxy) is 5. The summed E-state index contributed by atoms with van der Waals surface area (Å²) < 4.78 is 31.4. The van der Waals surface area contributed by atoms with Gasteiger partial charge in [-0.05, 0) is 245 Å². The molecular formula is C75H123O14Si4. The summed E-state index contributed by atoms with van der Waals surface area (Å²) in [6.07, 6.45) is 12.7. The lowest BCUT2D eigenvalue weighted by molar-refractivity contribution is -0.171. The van der Waals surface area contributed by atoms with Gasteiger partial charge in [0, 0.05) is 39.9 Å². The van der Waals surface area contributed by atoms with Crippen LogP contribution in [0.25, 0.3) is 0 Å². The zero-order valence-electron chi connectivity index (χ0n) is 60.4. The normalized spacial score (nSPS) is 39.1. The van der Waals surface area contributed by atoms with Gasteiger partial charge in [-0.15, -0.1) is 0 Å². The average Bonchev–Trinajstić information content (AvgIpc) is 1.54. The van der Waals surface area contributed by atoms with Crippen LogP contribution in [0, 0.1) is 147 Å². The van der Waals surface area contributed by atoms with Crippen molar-refractivity contribution in [2.75, 3.05) is 13.2 Å². The van der Waals surface area contributed by atoms with E-state index in [4.69, 9.17) is 23.7 Å². The molecule has 10 aliphatic rings. The summed E-state index contributed by atoms with van der Waals surface area (Å²) >= 11 is 0. The fourth-order valence-corrected chi connectivity index (χ4v) is 52.6. The molecule has 2 saturated heterocycles. The van der Waals surface area contributed by atoms with E-state index in [1.165, 1.54) is 41.6 Å². The number of rotatable bonds is 26. The van der Waals surface area contributed by atoms with Gasteiger partial charge >= 0.3 is 41.8 Å². The molecule has 18 heteroatoms. The summed E-state index contributed by atoms with van der Waals surface area (Å²) in [6, 6.07) is 1.35.